The molecule has 192 valence electrons. The van der Waals surface area contributed by atoms with Crippen LogP contribution in [0, 0.1) is 5.92 Å². The van der Waals surface area contributed by atoms with Crippen molar-refractivity contribution in [1.29, 1.82) is 0 Å². The number of halogens is 2. The van der Waals surface area contributed by atoms with Crippen LogP contribution in [0.5, 0.6) is 0 Å². The second-order valence-electron chi connectivity index (χ2n) is 9.47. The van der Waals surface area contributed by atoms with Crippen LogP contribution >= 0.6 is 23.2 Å². The summed E-state index contributed by atoms with van der Waals surface area (Å²) in [6.45, 7) is 8.53. The highest BCUT2D eigenvalue weighted by Gasteiger charge is 2.23. The smallest absolute Gasteiger partial charge is 0.254 e. The third kappa shape index (κ3) is 7.87. The van der Waals surface area contributed by atoms with Gasteiger partial charge in [0, 0.05) is 47.1 Å². The molecule has 0 aliphatic heterocycles. The van der Waals surface area contributed by atoms with Gasteiger partial charge in [-0.15, -0.1) is 0 Å². The molecule has 0 unspecified atom stereocenters. The Bertz CT molecular complexity index is 1140. The lowest BCUT2D eigenvalue weighted by atomic mass is 10.1. The lowest BCUT2D eigenvalue weighted by molar-refractivity contribution is -0.133. The molecule has 0 aliphatic rings. The minimum atomic E-state index is -0.153. The van der Waals surface area contributed by atoms with Crippen LogP contribution in [0.3, 0.4) is 0 Å². The summed E-state index contributed by atoms with van der Waals surface area (Å²) in [5.41, 5.74) is 2.58. The number of benzene rings is 2. The lowest BCUT2D eigenvalue weighted by Crippen LogP contribution is -2.44. The van der Waals surface area contributed by atoms with Crippen LogP contribution in [-0.4, -0.2) is 45.8 Å². The maximum Gasteiger partial charge on any atom is 0.254 e. The van der Waals surface area contributed by atoms with Crippen LogP contribution in [0.1, 0.15) is 55.2 Å². The van der Waals surface area contributed by atoms with Crippen molar-refractivity contribution in [3.05, 3.63) is 93.7 Å². The van der Waals surface area contributed by atoms with E-state index in [0.29, 0.717) is 36.8 Å². The van der Waals surface area contributed by atoms with Crippen LogP contribution in [0.4, 0.5) is 0 Å². The number of unbranched alkanes of at least 4 members (excludes halogenated alkanes) is 1. The predicted octanol–water partition coefficient (Wildman–Crippen LogP) is 6.77. The average Bonchev–Trinajstić information content (AvgIpc) is 3.29. The standard InChI is InChI=1S/C29H35Cl2N3O2/c1-4-5-16-33(29(36)23-12-14-25(30)15-13-23)21-28(35)34(18-22(2)3)20-26-10-8-17-32(26)19-24-9-6-7-11-27(24)31/h6-15,17,22H,4-5,16,18-21H2,1-3H3. The third-order valence-corrected chi connectivity index (χ3v) is 6.62. The van der Waals surface area contributed by atoms with E-state index in [1.54, 1.807) is 29.2 Å². The van der Waals surface area contributed by atoms with Gasteiger partial charge in [0.15, 0.2) is 0 Å². The first-order chi connectivity index (χ1) is 17.3. The zero-order valence-corrected chi connectivity index (χ0v) is 22.8. The molecule has 0 aliphatic carbocycles. The highest BCUT2D eigenvalue weighted by atomic mass is 35.5. The maximum absolute atomic E-state index is 13.6. The minimum absolute atomic E-state index is 0.0411. The Hall–Kier alpha value is -2.76. The van der Waals surface area contributed by atoms with E-state index in [1.807, 2.05) is 47.5 Å². The van der Waals surface area contributed by atoms with E-state index in [4.69, 9.17) is 23.2 Å². The first kappa shape index (κ1) is 27.8. The molecular formula is C29H35Cl2N3O2. The molecule has 7 heteroatoms. The molecule has 0 spiro atoms. The minimum Gasteiger partial charge on any atom is -0.345 e. The van der Waals surface area contributed by atoms with Gasteiger partial charge in [-0.3, -0.25) is 9.59 Å². The molecule has 1 aromatic heterocycles. The largest absolute Gasteiger partial charge is 0.345 e. The highest BCUT2D eigenvalue weighted by Crippen LogP contribution is 2.19. The van der Waals surface area contributed by atoms with E-state index < -0.39 is 0 Å². The number of aromatic nitrogens is 1. The number of nitrogens with zero attached hydrogens (tertiary/aromatic N) is 3. The van der Waals surface area contributed by atoms with E-state index >= 15 is 0 Å². The number of rotatable bonds is 12. The zero-order valence-electron chi connectivity index (χ0n) is 21.3. The van der Waals surface area contributed by atoms with Crippen molar-refractivity contribution in [1.82, 2.24) is 14.4 Å². The summed E-state index contributed by atoms with van der Waals surface area (Å²) in [5.74, 6) is 0.0738. The molecule has 36 heavy (non-hydrogen) atoms. The Balaban J connectivity index is 1.78. The second kappa shape index (κ2) is 13.5. The van der Waals surface area contributed by atoms with Gasteiger partial charge in [0.25, 0.3) is 5.91 Å². The Morgan fingerprint density at radius 1 is 0.944 bits per heavy atom. The molecule has 3 rings (SSSR count). The van der Waals surface area contributed by atoms with Crippen LogP contribution in [-0.2, 0) is 17.9 Å². The molecule has 2 amide bonds. The second-order valence-corrected chi connectivity index (χ2v) is 10.3. The van der Waals surface area contributed by atoms with Gasteiger partial charge in [-0.25, -0.2) is 0 Å². The Kier molecular flexibility index (Phi) is 10.4. The fourth-order valence-electron chi connectivity index (χ4n) is 4.09. The fraction of sp³-hybridized carbons (Fsp3) is 0.379. The summed E-state index contributed by atoms with van der Waals surface area (Å²) in [5, 5.41) is 1.30. The van der Waals surface area contributed by atoms with Crippen LogP contribution in [0.25, 0.3) is 0 Å². The van der Waals surface area contributed by atoms with Crippen LogP contribution in [0.2, 0.25) is 10.0 Å². The van der Waals surface area contributed by atoms with Gasteiger partial charge in [0.05, 0.1) is 6.54 Å². The van der Waals surface area contributed by atoms with Gasteiger partial charge >= 0.3 is 0 Å². The summed E-state index contributed by atoms with van der Waals surface area (Å²) in [4.78, 5) is 30.3. The van der Waals surface area contributed by atoms with Gasteiger partial charge in [-0.2, -0.15) is 0 Å². The molecule has 0 bridgehead atoms. The normalized spacial score (nSPS) is 11.1. The Morgan fingerprint density at radius 3 is 2.33 bits per heavy atom. The van der Waals surface area contributed by atoms with E-state index in [9.17, 15) is 9.59 Å². The molecule has 1 heterocycles. The molecule has 5 nitrogen and oxygen atoms in total. The van der Waals surface area contributed by atoms with Crippen molar-refractivity contribution in [2.75, 3.05) is 19.6 Å². The van der Waals surface area contributed by atoms with Crippen LogP contribution < -0.4 is 0 Å². The van der Waals surface area contributed by atoms with Crippen LogP contribution in [0.15, 0.2) is 66.9 Å². The average molecular weight is 529 g/mol. The van der Waals surface area contributed by atoms with Crippen molar-refractivity contribution < 1.29 is 9.59 Å². The first-order valence-corrected chi connectivity index (χ1v) is 13.2. The van der Waals surface area contributed by atoms with Gasteiger partial charge in [-0.05, 0) is 60.4 Å². The van der Waals surface area contributed by atoms with E-state index in [-0.39, 0.29) is 24.3 Å². The third-order valence-electron chi connectivity index (χ3n) is 6.00. The van der Waals surface area contributed by atoms with E-state index in [1.165, 1.54) is 0 Å². The molecule has 2 aromatic carbocycles. The SMILES string of the molecule is CCCCN(CC(=O)N(Cc1cccn1Cc1ccccc1Cl)CC(C)C)C(=O)c1ccc(Cl)cc1. The monoisotopic (exact) mass is 527 g/mol. The Labute approximate surface area is 224 Å². The fourth-order valence-corrected chi connectivity index (χ4v) is 4.41. The van der Waals surface area contributed by atoms with Gasteiger partial charge < -0.3 is 14.4 Å². The quantitative estimate of drug-likeness (QED) is 0.261. The summed E-state index contributed by atoms with van der Waals surface area (Å²) in [6, 6.07) is 18.6. The van der Waals surface area contributed by atoms with Crippen molar-refractivity contribution in [3.8, 4) is 0 Å². The first-order valence-electron chi connectivity index (χ1n) is 12.5. The lowest BCUT2D eigenvalue weighted by Gasteiger charge is -2.29. The van der Waals surface area contributed by atoms with Gasteiger partial charge in [-0.1, -0.05) is 68.6 Å². The number of hydrogen-bond donors (Lipinski definition) is 0. The number of carbonyl (C=O) groups excluding carboxylic acids is 2. The van der Waals surface area contributed by atoms with Crippen molar-refractivity contribution in [2.45, 2.75) is 46.7 Å². The Morgan fingerprint density at radius 2 is 1.67 bits per heavy atom. The van der Waals surface area contributed by atoms with Crippen molar-refractivity contribution >= 4 is 35.0 Å². The van der Waals surface area contributed by atoms with E-state index in [0.717, 1.165) is 29.1 Å². The molecule has 0 radical (unpaired) electrons. The molecular weight excluding hydrogens is 493 g/mol. The van der Waals surface area contributed by atoms with Crippen molar-refractivity contribution in [3.63, 3.8) is 0 Å². The highest BCUT2D eigenvalue weighted by molar-refractivity contribution is 6.31. The van der Waals surface area contributed by atoms with Gasteiger partial charge in [0.1, 0.15) is 6.54 Å². The molecule has 3 aromatic rings. The molecule has 0 fully saturated rings. The topological polar surface area (TPSA) is 45.6 Å². The summed E-state index contributed by atoms with van der Waals surface area (Å²) in [7, 11) is 0. The van der Waals surface area contributed by atoms with E-state index in [2.05, 4.69) is 25.3 Å². The summed E-state index contributed by atoms with van der Waals surface area (Å²) >= 11 is 12.4. The number of amides is 2. The summed E-state index contributed by atoms with van der Waals surface area (Å²) in [6.07, 6.45) is 3.77. The molecule has 0 atom stereocenters. The molecule has 0 N–H and O–H groups in total. The number of hydrogen-bond acceptors (Lipinski definition) is 2. The van der Waals surface area contributed by atoms with Gasteiger partial charge in [0.2, 0.25) is 5.91 Å². The number of carbonyl (C=O) groups is 2. The summed E-state index contributed by atoms with van der Waals surface area (Å²) < 4.78 is 2.12. The van der Waals surface area contributed by atoms with Crippen molar-refractivity contribution in [2.24, 2.45) is 5.92 Å². The molecule has 0 saturated heterocycles. The predicted molar refractivity (Wildman–Crippen MR) is 148 cm³/mol. The zero-order chi connectivity index (χ0) is 26.1. The maximum atomic E-state index is 13.6. The molecule has 0 saturated carbocycles.